The average molecular weight is 235 g/mol. The molecule has 0 aromatic rings. The second-order valence-corrected chi connectivity index (χ2v) is 10.9. The molecular weight excluding hydrogens is 212 g/mol. The highest BCUT2D eigenvalue weighted by molar-refractivity contribution is 6.84. The predicted octanol–water partition coefficient (Wildman–Crippen LogP) is 0.771. The molecule has 0 aliphatic carbocycles. The summed E-state index contributed by atoms with van der Waals surface area (Å²) in [4.78, 5) is 0. The highest BCUT2D eigenvalue weighted by Crippen LogP contribution is 2.44. The molecule has 1 fully saturated rings. The van der Waals surface area contributed by atoms with Gasteiger partial charge < -0.3 is 12.4 Å². The van der Waals surface area contributed by atoms with Crippen molar-refractivity contribution in [3.63, 3.8) is 0 Å². The van der Waals surface area contributed by atoms with Gasteiger partial charge in [-0.25, -0.2) is 4.74 Å². The molecule has 0 aromatic carbocycles. The second-order valence-electron chi connectivity index (χ2n) is 5.60. The standard InChI is InChI=1S/C11H23OSi.ClH/c1-11(2,3)13(4,5)10-8-6-7-9-12-10;/h6-9H2,1-5H3;1H/q+1;/p-1. The molecule has 1 aliphatic heterocycles. The first-order chi connectivity index (χ1) is 5.86. The Morgan fingerprint density at radius 1 is 1.14 bits per heavy atom. The van der Waals surface area contributed by atoms with Crippen LogP contribution in [0.4, 0.5) is 0 Å². The van der Waals surface area contributed by atoms with Crippen LogP contribution in [0.15, 0.2) is 0 Å². The van der Waals surface area contributed by atoms with Crippen LogP contribution in [0, 0.1) is 5.73 Å². The molecule has 1 aliphatic rings. The third-order valence-corrected chi connectivity index (χ3v) is 9.19. The minimum atomic E-state index is -1.31. The molecule has 0 N–H and O–H groups in total. The van der Waals surface area contributed by atoms with E-state index in [2.05, 4.69) is 33.9 Å². The van der Waals surface area contributed by atoms with E-state index in [1.807, 2.05) is 0 Å². The zero-order chi connectivity index (χ0) is 10.1. The van der Waals surface area contributed by atoms with Gasteiger partial charge in [0, 0.05) is 5.04 Å². The lowest BCUT2D eigenvalue weighted by atomic mass is 10.2. The predicted molar refractivity (Wildman–Crippen MR) is 60.2 cm³/mol. The third kappa shape index (κ3) is 2.91. The van der Waals surface area contributed by atoms with Crippen LogP contribution in [0.2, 0.25) is 18.1 Å². The smallest absolute Gasteiger partial charge is 0.309 e. The molecule has 0 atom stereocenters. The van der Waals surface area contributed by atoms with E-state index in [9.17, 15) is 0 Å². The maximum Gasteiger partial charge on any atom is 0.309 e. The van der Waals surface area contributed by atoms with Crippen molar-refractivity contribution in [2.24, 2.45) is 0 Å². The summed E-state index contributed by atoms with van der Waals surface area (Å²) < 4.78 is 5.85. The van der Waals surface area contributed by atoms with Gasteiger partial charge in [-0.15, -0.1) is 0 Å². The van der Waals surface area contributed by atoms with Gasteiger partial charge in [-0.1, -0.05) is 20.8 Å². The highest BCUT2D eigenvalue weighted by atomic mass is 35.5. The second kappa shape index (κ2) is 4.91. The quantitative estimate of drug-likeness (QED) is 0.481. The monoisotopic (exact) mass is 234 g/mol. The first-order valence-electron chi connectivity index (χ1n) is 5.35. The first kappa shape index (κ1) is 14.3. The third-order valence-electron chi connectivity index (χ3n) is 3.65. The molecule has 0 amide bonds. The number of hydrogen-bond donors (Lipinski definition) is 0. The Bertz CT molecular complexity index is 169. The van der Waals surface area contributed by atoms with Crippen LogP contribution in [0.5, 0.6) is 0 Å². The molecule has 3 heteroatoms. The van der Waals surface area contributed by atoms with Crippen molar-refractivity contribution in [3.8, 4) is 0 Å². The molecule has 0 saturated carbocycles. The molecule has 0 spiro atoms. The van der Waals surface area contributed by atoms with Crippen LogP contribution < -0.4 is 12.4 Å². The number of hydrogen-bond acceptors (Lipinski definition) is 1. The molecule has 1 saturated heterocycles. The van der Waals surface area contributed by atoms with Gasteiger partial charge in [0.1, 0.15) is 6.42 Å². The highest BCUT2D eigenvalue weighted by Gasteiger charge is 2.55. The summed E-state index contributed by atoms with van der Waals surface area (Å²) >= 11 is 0. The normalized spacial score (nSPS) is 19.1. The van der Waals surface area contributed by atoms with Gasteiger partial charge in [0.15, 0.2) is 5.73 Å². The van der Waals surface area contributed by atoms with E-state index in [4.69, 9.17) is 4.74 Å². The Hall–Kier alpha value is 0.337. The fourth-order valence-corrected chi connectivity index (χ4v) is 3.67. The van der Waals surface area contributed by atoms with E-state index in [1.54, 1.807) is 0 Å². The van der Waals surface area contributed by atoms with E-state index in [0.717, 1.165) is 6.61 Å². The van der Waals surface area contributed by atoms with E-state index < -0.39 is 8.07 Å². The zero-order valence-corrected chi connectivity index (χ0v) is 11.9. The molecule has 1 rings (SSSR count). The Morgan fingerprint density at radius 2 is 1.71 bits per heavy atom. The molecule has 0 radical (unpaired) electrons. The molecule has 14 heavy (non-hydrogen) atoms. The number of rotatable bonds is 1. The van der Waals surface area contributed by atoms with Crippen molar-refractivity contribution >= 4 is 8.07 Å². The minimum absolute atomic E-state index is 0. The van der Waals surface area contributed by atoms with Gasteiger partial charge in [0.05, 0.1) is 6.61 Å². The average Bonchev–Trinajstić information content (AvgIpc) is 2.04. The van der Waals surface area contributed by atoms with Crippen LogP contribution >= 0.6 is 0 Å². The van der Waals surface area contributed by atoms with Crippen molar-refractivity contribution in [1.82, 2.24) is 0 Å². The zero-order valence-electron chi connectivity index (χ0n) is 10.1. The summed E-state index contributed by atoms with van der Waals surface area (Å²) in [6, 6.07) is 0. The Kier molecular flexibility index (Phi) is 5.03. The minimum Gasteiger partial charge on any atom is -1.00 e. The van der Waals surface area contributed by atoms with Crippen molar-refractivity contribution in [3.05, 3.63) is 5.73 Å². The summed E-state index contributed by atoms with van der Waals surface area (Å²) in [7, 11) is -1.31. The van der Waals surface area contributed by atoms with Crippen LogP contribution in [0.3, 0.4) is 0 Å². The summed E-state index contributed by atoms with van der Waals surface area (Å²) in [6.45, 7) is 12.9. The fraction of sp³-hybridized carbons (Fsp3) is 0.909. The van der Waals surface area contributed by atoms with Gasteiger partial charge in [0.25, 0.3) is 0 Å². The Morgan fingerprint density at radius 3 is 2.07 bits per heavy atom. The Labute approximate surface area is 96.0 Å². The molecule has 1 nitrogen and oxygen atoms in total. The van der Waals surface area contributed by atoms with Crippen LogP contribution in [-0.4, -0.2) is 14.7 Å². The maximum absolute atomic E-state index is 5.85. The van der Waals surface area contributed by atoms with Crippen LogP contribution in [-0.2, 0) is 4.74 Å². The summed E-state index contributed by atoms with van der Waals surface area (Å²) in [5.74, 6) is 0. The lowest BCUT2D eigenvalue weighted by Crippen LogP contribution is -3.00. The summed E-state index contributed by atoms with van der Waals surface area (Å²) in [5, 5.41) is 0.430. The van der Waals surface area contributed by atoms with E-state index in [-0.39, 0.29) is 12.4 Å². The lowest BCUT2D eigenvalue weighted by molar-refractivity contribution is -0.00000418. The van der Waals surface area contributed by atoms with Gasteiger partial charge in [0.2, 0.25) is 0 Å². The van der Waals surface area contributed by atoms with Gasteiger partial charge >= 0.3 is 8.07 Å². The lowest BCUT2D eigenvalue weighted by Gasteiger charge is -2.33. The topological polar surface area (TPSA) is 9.23 Å². The molecule has 1 heterocycles. The van der Waals surface area contributed by atoms with E-state index in [0.29, 0.717) is 5.04 Å². The van der Waals surface area contributed by atoms with Crippen molar-refractivity contribution in [2.75, 3.05) is 6.61 Å². The molecule has 0 bridgehead atoms. The summed E-state index contributed by atoms with van der Waals surface area (Å²) in [5.41, 5.74) is 1.45. The Balaban J connectivity index is 0.00000169. The fourth-order valence-electron chi connectivity index (χ4n) is 1.57. The number of halogens is 1. The number of ether oxygens (including phenoxy) is 1. The molecule has 84 valence electrons. The van der Waals surface area contributed by atoms with Crippen LogP contribution in [0.25, 0.3) is 0 Å². The van der Waals surface area contributed by atoms with Gasteiger partial charge in [-0.2, -0.15) is 0 Å². The van der Waals surface area contributed by atoms with Crippen LogP contribution in [0.1, 0.15) is 40.0 Å². The van der Waals surface area contributed by atoms with Gasteiger partial charge in [-0.05, 0) is 25.9 Å². The van der Waals surface area contributed by atoms with Crippen molar-refractivity contribution in [1.29, 1.82) is 0 Å². The van der Waals surface area contributed by atoms with Crippen molar-refractivity contribution in [2.45, 2.75) is 58.2 Å². The molecular formula is C11H23ClOSi. The van der Waals surface area contributed by atoms with E-state index in [1.165, 1.54) is 25.0 Å². The SMILES string of the molecule is CC(C)(C)[Si](C)(C)[C+]1CCCCO1.[Cl-]. The summed E-state index contributed by atoms with van der Waals surface area (Å²) in [6.07, 6.45) is 3.80. The molecule has 0 aromatic heterocycles. The largest absolute Gasteiger partial charge is 1.00 e. The molecule has 0 unspecified atom stereocenters. The van der Waals surface area contributed by atoms with E-state index >= 15 is 0 Å². The first-order valence-corrected chi connectivity index (χ1v) is 8.35. The maximum atomic E-state index is 5.85. The van der Waals surface area contributed by atoms with Gasteiger partial charge in [-0.3, -0.25) is 0 Å². The van der Waals surface area contributed by atoms with Crippen molar-refractivity contribution < 1.29 is 17.1 Å².